The average molecular weight is 332 g/mol. The van der Waals surface area contributed by atoms with Crippen molar-refractivity contribution in [2.75, 3.05) is 13.1 Å². The largest absolute Gasteiger partial charge is 0.508 e. The summed E-state index contributed by atoms with van der Waals surface area (Å²) in [6.45, 7) is 1.41. The quantitative estimate of drug-likeness (QED) is 0.786. The molecule has 3 N–H and O–H groups in total. The molecule has 122 valence electrons. The topological polar surface area (TPSA) is 52.5 Å². The van der Waals surface area contributed by atoms with Crippen molar-refractivity contribution in [1.29, 1.82) is 0 Å². The van der Waals surface area contributed by atoms with Crippen LogP contribution < -0.4 is 5.32 Å². The van der Waals surface area contributed by atoms with E-state index in [0.29, 0.717) is 23.2 Å². The maximum absolute atomic E-state index is 10.2. The summed E-state index contributed by atoms with van der Waals surface area (Å²) >= 11 is 5.95. The summed E-state index contributed by atoms with van der Waals surface area (Å²) in [5.41, 5.74) is 3.44. The third-order valence-electron chi connectivity index (χ3n) is 4.52. The van der Waals surface area contributed by atoms with Gasteiger partial charge in [0.25, 0.3) is 0 Å². The molecule has 3 rings (SSSR count). The zero-order valence-corrected chi connectivity index (χ0v) is 13.8. The molecule has 0 heterocycles. The molecule has 2 aromatic carbocycles. The molecule has 0 saturated carbocycles. The van der Waals surface area contributed by atoms with Crippen molar-refractivity contribution in [2.24, 2.45) is 5.92 Å². The van der Waals surface area contributed by atoms with Crippen molar-refractivity contribution in [1.82, 2.24) is 5.32 Å². The van der Waals surface area contributed by atoms with Crippen molar-refractivity contribution in [3.63, 3.8) is 0 Å². The van der Waals surface area contributed by atoms with Crippen LogP contribution in [0.3, 0.4) is 0 Å². The van der Waals surface area contributed by atoms with Crippen LogP contribution in [-0.2, 0) is 12.8 Å². The van der Waals surface area contributed by atoms with E-state index in [-0.39, 0.29) is 0 Å². The third-order valence-corrected chi connectivity index (χ3v) is 4.76. The van der Waals surface area contributed by atoms with Crippen LogP contribution in [0.15, 0.2) is 42.5 Å². The highest BCUT2D eigenvalue weighted by Gasteiger charge is 2.19. The first-order chi connectivity index (χ1) is 11.1. The molecule has 3 nitrogen and oxygen atoms in total. The summed E-state index contributed by atoms with van der Waals surface area (Å²) in [4.78, 5) is 0. The molecule has 0 spiro atoms. The molecule has 1 aliphatic rings. The van der Waals surface area contributed by atoms with Gasteiger partial charge in [-0.05, 0) is 72.7 Å². The number of aryl methyl sites for hydroxylation is 1. The van der Waals surface area contributed by atoms with Crippen LogP contribution in [0.2, 0.25) is 5.02 Å². The van der Waals surface area contributed by atoms with Gasteiger partial charge in [-0.3, -0.25) is 0 Å². The Morgan fingerprint density at radius 1 is 1.17 bits per heavy atom. The molecular formula is C19H22ClNO2. The number of phenols is 1. The summed E-state index contributed by atoms with van der Waals surface area (Å²) in [5.74, 6) is 0.920. The minimum Gasteiger partial charge on any atom is -0.508 e. The van der Waals surface area contributed by atoms with Crippen LogP contribution in [0.5, 0.6) is 5.75 Å². The molecule has 1 aliphatic carbocycles. The van der Waals surface area contributed by atoms with Gasteiger partial charge in [-0.2, -0.15) is 0 Å². The van der Waals surface area contributed by atoms with Gasteiger partial charge in [0.15, 0.2) is 0 Å². The van der Waals surface area contributed by atoms with E-state index in [4.69, 9.17) is 11.6 Å². The molecule has 0 radical (unpaired) electrons. The van der Waals surface area contributed by atoms with Crippen LogP contribution in [0.4, 0.5) is 0 Å². The van der Waals surface area contributed by atoms with Crippen molar-refractivity contribution in [2.45, 2.75) is 25.4 Å². The van der Waals surface area contributed by atoms with Gasteiger partial charge in [0.05, 0.1) is 6.10 Å². The number of fused-ring (bicyclic) bond motifs is 1. The average Bonchev–Trinajstić information content (AvgIpc) is 2.55. The first kappa shape index (κ1) is 16.3. The molecule has 0 unspecified atom stereocenters. The van der Waals surface area contributed by atoms with Crippen molar-refractivity contribution in [3.05, 3.63) is 64.2 Å². The van der Waals surface area contributed by atoms with Gasteiger partial charge in [0, 0.05) is 11.6 Å². The lowest BCUT2D eigenvalue weighted by atomic mass is 9.84. The molecular weight excluding hydrogens is 310 g/mol. The van der Waals surface area contributed by atoms with E-state index in [1.165, 1.54) is 11.1 Å². The molecule has 0 fully saturated rings. The predicted octanol–water partition coefficient (Wildman–Crippen LogP) is 3.47. The maximum Gasteiger partial charge on any atom is 0.115 e. The highest BCUT2D eigenvalue weighted by molar-refractivity contribution is 6.30. The zero-order valence-electron chi connectivity index (χ0n) is 13.0. The number of rotatable bonds is 5. The Morgan fingerprint density at radius 2 is 2.04 bits per heavy atom. The van der Waals surface area contributed by atoms with Crippen molar-refractivity contribution >= 4 is 11.6 Å². The first-order valence-electron chi connectivity index (χ1n) is 8.07. The smallest absolute Gasteiger partial charge is 0.115 e. The lowest BCUT2D eigenvalue weighted by Gasteiger charge is -2.25. The van der Waals surface area contributed by atoms with E-state index in [9.17, 15) is 10.2 Å². The highest BCUT2D eigenvalue weighted by Crippen LogP contribution is 2.28. The number of hydrogen-bond acceptors (Lipinski definition) is 3. The van der Waals surface area contributed by atoms with Gasteiger partial charge < -0.3 is 15.5 Å². The molecule has 0 saturated heterocycles. The maximum atomic E-state index is 10.2. The second kappa shape index (κ2) is 7.35. The van der Waals surface area contributed by atoms with Gasteiger partial charge in [0.2, 0.25) is 0 Å². The van der Waals surface area contributed by atoms with Crippen LogP contribution in [0.1, 0.15) is 29.2 Å². The molecule has 0 aliphatic heterocycles. The monoisotopic (exact) mass is 331 g/mol. The highest BCUT2D eigenvalue weighted by atomic mass is 35.5. The fourth-order valence-corrected chi connectivity index (χ4v) is 3.45. The van der Waals surface area contributed by atoms with E-state index in [2.05, 4.69) is 5.32 Å². The lowest BCUT2D eigenvalue weighted by molar-refractivity contribution is 0.172. The van der Waals surface area contributed by atoms with Gasteiger partial charge in [0.1, 0.15) is 5.75 Å². The van der Waals surface area contributed by atoms with Crippen LogP contribution in [-0.4, -0.2) is 23.3 Å². The minimum absolute atomic E-state index is 0.352. The minimum atomic E-state index is -0.540. The number of aromatic hydroxyl groups is 1. The van der Waals surface area contributed by atoms with Gasteiger partial charge in [-0.15, -0.1) is 0 Å². The van der Waals surface area contributed by atoms with Crippen LogP contribution in [0, 0.1) is 5.92 Å². The van der Waals surface area contributed by atoms with Crippen molar-refractivity contribution < 1.29 is 10.2 Å². The van der Waals surface area contributed by atoms with Gasteiger partial charge >= 0.3 is 0 Å². The Balaban J connectivity index is 1.49. The van der Waals surface area contributed by atoms with Crippen molar-refractivity contribution in [3.8, 4) is 5.75 Å². The first-order valence-corrected chi connectivity index (χ1v) is 8.44. The summed E-state index contributed by atoms with van der Waals surface area (Å²) in [5, 5.41) is 23.8. The summed E-state index contributed by atoms with van der Waals surface area (Å²) in [6.07, 6.45) is 2.60. The number of nitrogens with one attached hydrogen (secondary N) is 1. The summed E-state index contributed by atoms with van der Waals surface area (Å²) in [7, 11) is 0. The number of aliphatic hydroxyl groups excluding tert-OH is 1. The number of phenolic OH excluding ortho intramolecular Hbond substituents is 1. The molecule has 0 amide bonds. The molecule has 2 atom stereocenters. The predicted molar refractivity (Wildman–Crippen MR) is 92.9 cm³/mol. The Kier molecular flexibility index (Phi) is 5.21. The van der Waals surface area contributed by atoms with Gasteiger partial charge in [-0.1, -0.05) is 29.8 Å². The van der Waals surface area contributed by atoms with Crippen LogP contribution in [0.25, 0.3) is 0 Å². The van der Waals surface area contributed by atoms with E-state index < -0.39 is 6.10 Å². The molecule has 4 heteroatoms. The number of hydrogen-bond donors (Lipinski definition) is 3. The standard InChI is InChI=1S/C19H22ClNO2/c20-17-3-1-2-16(9-17)19(23)12-21-11-13-4-5-15-10-18(22)7-6-14(15)8-13/h1-3,6-7,9-10,13,19,21-23H,4-5,8,11-12H2/t13-,19+/m1/s1. The second-order valence-corrected chi connectivity index (χ2v) is 6.73. The molecule has 0 aromatic heterocycles. The Hall–Kier alpha value is -1.55. The molecule has 2 aromatic rings. The normalized spacial score (nSPS) is 18.4. The Bertz CT molecular complexity index is 674. The number of aliphatic hydroxyl groups is 1. The summed E-state index contributed by atoms with van der Waals surface area (Å²) in [6, 6.07) is 13.0. The summed E-state index contributed by atoms with van der Waals surface area (Å²) < 4.78 is 0. The number of benzene rings is 2. The van der Waals surface area contributed by atoms with E-state index in [1.54, 1.807) is 12.1 Å². The SMILES string of the molecule is Oc1ccc2c(c1)CC[C@@H](CNC[C@H](O)c1cccc(Cl)c1)C2. The second-order valence-electron chi connectivity index (χ2n) is 6.29. The van der Waals surface area contributed by atoms with E-state index in [0.717, 1.165) is 31.4 Å². The lowest BCUT2D eigenvalue weighted by Crippen LogP contribution is -2.30. The van der Waals surface area contributed by atoms with Gasteiger partial charge in [-0.25, -0.2) is 0 Å². The third kappa shape index (κ3) is 4.25. The van der Waals surface area contributed by atoms with Crippen LogP contribution >= 0.6 is 11.6 Å². The fraction of sp³-hybridized carbons (Fsp3) is 0.368. The fourth-order valence-electron chi connectivity index (χ4n) is 3.25. The number of halogens is 1. The van der Waals surface area contributed by atoms with E-state index in [1.807, 2.05) is 30.3 Å². The zero-order chi connectivity index (χ0) is 16.2. The molecule has 23 heavy (non-hydrogen) atoms. The molecule has 0 bridgehead atoms. The van der Waals surface area contributed by atoms with E-state index >= 15 is 0 Å². The Labute approximate surface area is 141 Å². The Morgan fingerprint density at radius 3 is 2.87 bits per heavy atom.